The number of amides is 2. The molecule has 6 nitrogen and oxygen atoms in total. The maximum atomic E-state index is 12.2. The van der Waals surface area contributed by atoms with Crippen LogP contribution in [0.3, 0.4) is 0 Å². The highest BCUT2D eigenvalue weighted by atomic mass is 35.5. The van der Waals surface area contributed by atoms with Crippen molar-refractivity contribution >= 4 is 23.4 Å². The molecule has 0 bridgehead atoms. The number of hydrogen-bond acceptors (Lipinski definition) is 3. The number of piperazine rings is 1. The van der Waals surface area contributed by atoms with Gasteiger partial charge in [-0.1, -0.05) is 11.6 Å². The fourth-order valence-corrected chi connectivity index (χ4v) is 2.10. The summed E-state index contributed by atoms with van der Waals surface area (Å²) in [6, 6.07) is 0. The largest absolute Gasteiger partial charge is 0.353 e. The Kier molecular flexibility index (Phi) is 3.06. The summed E-state index contributed by atoms with van der Waals surface area (Å²) in [6.45, 7) is 2.77. The average Bonchev–Trinajstić information content (AvgIpc) is 2.52. The molecule has 17 heavy (non-hydrogen) atoms. The van der Waals surface area contributed by atoms with E-state index < -0.39 is 0 Å². The van der Waals surface area contributed by atoms with E-state index in [0.717, 1.165) is 0 Å². The Balaban J connectivity index is 2.27. The van der Waals surface area contributed by atoms with Gasteiger partial charge in [0.15, 0.2) is 0 Å². The number of halogens is 1. The highest BCUT2D eigenvalue weighted by molar-refractivity contribution is 6.33. The zero-order chi connectivity index (χ0) is 12.6. The highest BCUT2D eigenvalue weighted by Gasteiger charge is 2.27. The lowest BCUT2D eigenvalue weighted by atomic mass is 10.2. The number of hydrogen-bond donors (Lipinski definition) is 1. The van der Waals surface area contributed by atoms with E-state index in [1.165, 1.54) is 9.58 Å². The van der Waals surface area contributed by atoms with Gasteiger partial charge in [0.1, 0.15) is 5.15 Å². The quantitative estimate of drug-likeness (QED) is 0.766. The standard InChI is InChI=1S/C10H13ClN4O2/c1-6-8(9(11)14(2)13-6)10(17)15-4-3-12-7(16)5-15/h3-5H2,1-2H3,(H,12,16). The van der Waals surface area contributed by atoms with E-state index in [1.54, 1.807) is 14.0 Å². The van der Waals surface area contributed by atoms with Gasteiger partial charge in [-0.3, -0.25) is 14.3 Å². The summed E-state index contributed by atoms with van der Waals surface area (Å²) in [4.78, 5) is 24.9. The molecule has 0 radical (unpaired) electrons. The molecule has 2 rings (SSSR count). The lowest BCUT2D eigenvalue weighted by Gasteiger charge is -2.26. The number of aryl methyl sites for hydroxylation is 2. The SMILES string of the molecule is Cc1nn(C)c(Cl)c1C(=O)N1CCNC(=O)C1. The van der Waals surface area contributed by atoms with Gasteiger partial charge in [-0.15, -0.1) is 0 Å². The lowest BCUT2D eigenvalue weighted by molar-refractivity contribution is -0.123. The second kappa shape index (κ2) is 4.37. The minimum atomic E-state index is -0.240. The fourth-order valence-electron chi connectivity index (χ4n) is 1.84. The molecule has 1 saturated heterocycles. The van der Waals surface area contributed by atoms with Crippen LogP contribution >= 0.6 is 11.6 Å². The van der Waals surface area contributed by atoms with E-state index in [4.69, 9.17) is 11.6 Å². The monoisotopic (exact) mass is 256 g/mol. The molecule has 1 fully saturated rings. The summed E-state index contributed by atoms with van der Waals surface area (Å²) in [5.74, 6) is -0.391. The van der Waals surface area contributed by atoms with Crippen molar-refractivity contribution < 1.29 is 9.59 Å². The zero-order valence-electron chi connectivity index (χ0n) is 9.66. The Morgan fingerprint density at radius 3 is 2.76 bits per heavy atom. The lowest BCUT2D eigenvalue weighted by Crippen LogP contribution is -2.50. The van der Waals surface area contributed by atoms with Gasteiger partial charge < -0.3 is 10.2 Å². The van der Waals surface area contributed by atoms with Crippen molar-refractivity contribution in [3.8, 4) is 0 Å². The highest BCUT2D eigenvalue weighted by Crippen LogP contribution is 2.20. The van der Waals surface area contributed by atoms with Crippen LogP contribution < -0.4 is 5.32 Å². The number of aromatic nitrogens is 2. The van der Waals surface area contributed by atoms with Crippen LogP contribution in [0.15, 0.2) is 0 Å². The third kappa shape index (κ3) is 2.12. The second-order valence-electron chi connectivity index (χ2n) is 3.95. The van der Waals surface area contributed by atoms with Crippen LogP contribution in [0.2, 0.25) is 5.15 Å². The predicted molar refractivity (Wildman–Crippen MR) is 61.9 cm³/mol. The molecule has 0 aliphatic carbocycles. The fraction of sp³-hybridized carbons (Fsp3) is 0.500. The zero-order valence-corrected chi connectivity index (χ0v) is 10.4. The number of rotatable bonds is 1. The van der Waals surface area contributed by atoms with Gasteiger partial charge in [-0.25, -0.2) is 0 Å². The molecule has 0 saturated carbocycles. The molecule has 92 valence electrons. The van der Waals surface area contributed by atoms with Crippen LogP contribution in [0, 0.1) is 6.92 Å². The van der Waals surface area contributed by atoms with Crippen LogP contribution in [0.5, 0.6) is 0 Å². The molecule has 0 spiro atoms. The second-order valence-corrected chi connectivity index (χ2v) is 4.31. The van der Waals surface area contributed by atoms with Crippen molar-refractivity contribution in [2.45, 2.75) is 6.92 Å². The van der Waals surface area contributed by atoms with E-state index in [0.29, 0.717) is 29.5 Å². The Morgan fingerprint density at radius 1 is 1.53 bits per heavy atom. The van der Waals surface area contributed by atoms with E-state index in [2.05, 4.69) is 10.4 Å². The molecule has 1 aromatic rings. The molecule has 2 heterocycles. The van der Waals surface area contributed by atoms with Crippen LogP contribution in [0.4, 0.5) is 0 Å². The van der Waals surface area contributed by atoms with Crippen LogP contribution in [-0.4, -0.2) is 46.1 Å². The Hall–Kier alpha value is -1.56. The smallest absolute Gasteiger partial charge is 0.259 e. The number of nitrogens with zero attached hydrogens (tertiary/aromatic N) is 3. The van der Waals surface area contributed by atoms with Crippen molar-refractivity contribution in [3.63, 3.8) is 0 Å². The van der Waals surface area contributed by atoms with E-state index >= 15 is 0 Å². The first-order valence-corrected chi connectivity index (χ1v) is 5.63. The van der Waals surface area contributed by atoms with Crippen LogP contribution in [-0.2, 0) is 11.8 Å². The predicted octanol–water partition coefficient (Wildman–Crippen LogP) is -0.0461. The number of nitrogens with one attached hydrogen (secondary N) is 1. The first-order chi connectivity index (χ1) is 8.00. The summed E-state index contributed by atoms with van der Waals surface area (Å²) in [6.07, 6.45) is 0. The third-order valence-electron chi connectivity index (χ3n) is 2.69. The van der Waals surface area contributed by atoms with Crippen LogP contribution in [0.25, 0.3) is 0 Å². The first-order valence-electron chi connectivity index (χ1n) is 5.25. The third-order valence-corrected chi connectivity index (χ3v) is 3.13. The normalized spacial score (nSPS) is 15.9. The molecule has 0 aromatic carbocycles. The molecule has 1 aromatic heterocycles. The molecule has 1 aliphatic heterocycles. The Labute approximate surface area is 104 Å². The summed E-state index contributed by atoms with van der Waals surface area (Å²) in [5.41, 5.74) is 0.956. The van der Waals surface area contributed by atoms with Crippen molar-refractivity contribution in [2.75, 3.05) is 19.6 Å². The molecule has 0 atom stereocenters. The van der Waals surface area contributed by atoms with E-state index in [1.807, 2.05) is 0 Å². The molecular formula is C10H13ClN4O2. The topological polar surface area (TPSA) is 67.2 Å². The first kappa shape index (κ1) is 11.9. The summed E-state index contributed by atoms with van der Waals surface area (Å²) in [7, 11) is 1.68. The minimum absolute atomic E-state index is 0.0729. The van der Waals surface area contributed by atoms with Crippen LogP contribution in [0.1, 0.15) is 16.1 Å². The van der Waals surface area contributed by atoms with Gasteiger partial charge >= 0.3 is 0 Å². The number of carbonyl (C=O) groups excluding carboxylic acids is 2. The Morgan fingerprint density at radius 2 is 2.24 bits per heavy atom. The van der Waals surface area contributed by atoms with E-state index in [9.17, 15) is 9.59 Å². The molecular weight excluding hydrogens is 244 g/mol. The molecule has 0 unspecified atom stereocenters. The molecule has 7 heteroatoms. The van der Waals surface area contributed by atoms with Gasteiger partial charge in [0.05, 0.1) is 17.8 Å². The maximum absolute atomic E-state index is 12.2. The summed E-state index contributed by atoms with van der Waals surface area (Å²) in [5, 5.41) is 7.05. The van der Waals surface area contributed by atoms with Gasteiger partial charge in [0.2, 0.25) is 5.91 Å². The average molecular weight is 257 g/mol. The Bertz CT molecular complexity index is 483. The summed E-state index contributed by atoms with van der Waals surface area (Å²) >= 11 is 6.02. The van der Waals surface area contributed by atoms with Crippen molar-refractivity contribution in [3.05, 3.63) is 16.4 Å². The van der Waals surface area contributed by atoms with E-state index in [-0.39, 0.29) is 18.4 Å². The minimum Gasteiger partial charge on any atom is -0.353 e. The molecule has 2 amide bonds. The van der Waals surface area contributed by atoms with Gasteiger partial charge in [-0.05, 0) is 6.92 Å². The maximum Gasteiger partial charge on any atom is 0.259 e. The van der Waals surface area contributed by atoms with Crippen molar-refractivity contribution in [2.24, 2.45) is 7.05 Å². The molecule has 1 N–H and O–H groups in total. The summed E-state index contributed by atoms with van der Waals surface area (Å²) < 4.78 is 1.45. The van der Waals surface area contributed by atoms with Gasteiger partial charge in [0, 0.05) is 20.1 Å². The number of carbonyl (C=O) groups is 2. The van der Waals surface area contributed by atoms with Gasteiger partial charge in [0.25, 0.3) is 5.91 Å². The van der Waals surface area contributed by atoms with Crippen molar-refractivity contribution in [1.82, 2.24) is 20.0 Å². The molecule has 1 aliphatic rings. The van der Waals surface area contributed by atoms with Crippen molar-refractivity contribution in [1.29, 1.82) is 0 Å². The van der Waals surface area contributed by atoms with Gasteiger partial charge in [-0.2, -0.15) is 5.10 Å².